The maximum Gasteiger partial charge on any atom is 0.280 e. The lowest BCUT2D eigenvalue weighted by molar-refractivity contribution is 0.0203. The molecule has 2 aliphatic heterocycles. The van der Waals surface area contributed by atoms with Gasteiger partial charge in [0.05, 0.1) is 25.4 Å². The fourth-order valence-electron chi connectivity index (χ4n) is 2.18. The summed E-state index contributed by atoms with van der Waals surface area (Å²) in [5.74, 6) is 0. The van der Waals surface area contributed by atoms with Crippen LogP contribution in [0.3, 0.4) is 0 Å². The number of morpholine rings is 1. The molecule has 0 aromatic heterocycles. The zero-order valence-electron chi connectivity index (χ0n) is 10.3. The van der Waals surface area contributed by atoms with Gasteiger partial charge in [-0.15, -0.1) is 0 Å². The van der Waals surface area contributed by atoms with E-state index in [1.807, 2.05) is 0 Å². The molecule has 2 rings (SSSR count). The van der Waals surface area contributed by atoms with Crippen LogP contribution in [0.2, 0.25) is 0 Å². The van der Waals surface area contributed by atoms with Crippen LogP contribution >= 0.6 is 0 Å². The molecular formula is C10H20N2O5S. The van der Waals surface area contributed by atoms with Crippen LogP contribution in [0.4, 0.5) is 0 Å². The molecular weight excluding hydrogens is 260 g/mol. The van der Waals surface area contributed by atoms with Crippen molar-refractivity contribution in [3.63, 3.8) is 0 Å². The average molecular weight is 280 g/mol. The zero-order valence-corrected chi connectivity index (χ0v) is 11.1. The lowest BCUT2D eigenvalue weighted by atomic mass is 9.93. The quantitative estimate of drug-likeness (QED) is 0.668. The molecule has 0 saturated carbocycles. The minimum Gasteiger partial charge on any atom is -0.394 e. The molecule has 0 atom stereocenters. The predicted molar refractivity (Wildman–Crippen MR) is 64.3 cm³/mol. The highest BCUT2D eigenvalue weighted by Gasteiger charge is 2.38. The summed E-state index contributed by atoms with van der Waals surface area (Å²) in [4.78, 5) is 0. The Labute approximate surface area is 107 Å². The van der Waals surface area contributed by atoms with Gasteiger partial charge in [-0.25, -0.2) is 0 Å². The van der Waals surface area contributed by atoms with Crippen molar-refractivity contribution in [2.24, 2.45) is 0 Å². The third-order valence-corrected chi connectivity index (χ3v) is 5.14. The first kappa shape index (κ1) is 14.2. The molecule has 0 radical (unpaired) electrons. The van der Waals surface area contributed by atoms with E-state index < -0.39 is 15.7 Å². The molecule has 0 unspecified atom stereocenters. The zero-order chi connectivity index (χ0) is 13.1. The van der Waals surface area contributed by atoms with Crippen LogP contribution in [0.5, 0.6) is 0 Å². The van der Waals surface area contributed by atoms with Gasteiger partial charge in [-0.2, -0.15) is 17.4 Å². The standard InChI is InChI=1S/C10H20N2O5S/c13-9-10(1-5-16-6-2-10)11-18(14,15)12-3-7-17-8-4-12/h11,13H,1-9H2. The van der Waals surface area contributed by atoms with E-state index in [2.05, 4.69) is 4.72 Å². The van der Waals surface area contributed by atoms with E-state index in [-0.39, 0.29) is 6.61 Å². The van der Waals surface area contributed by atoms with Gasteiger partial charge in [0.1, 0.15) is 0 Å². The fraction of sp³-hybridized carbons (Fsp3) is 1.00. The molecule has 2 fully saturated rings. The fourth-order valence-corrected chi connectivity index (χ4v) is 3.75. The summed E-state index contributed by atoms with van der Waals surface area (Å²) in [6.45, 7) is 2.26. The third-order valence-electron chi connectivity index (χ3n) is 3.41. The van der Waals surface area contributed by atoms with E-state index in [4.69, 9.17) is 9.47 Å². The molecule has 0 aromatic rings. The van der Waals surface area contributed by atoms with Crippen molar-refractivity contribution in [3.05, 3.63) is 0 Å². The molecule has 0 aliphatic carbocycles. The van der Waals surface area contributed by atoms with Gasteiger partial charge >= 0.3 is 0 Å². The van der Waals surface area contributed by atoms with Crippen molar-refractivity contribution in [1.29, 1.82) is 0 Å². The number of hydrogen-bond donors (Lipinski definition) is 2. The van der Waals surface area contributed by atoms with Gasteiger partial charge in [-0.05, 0) is 12.8 Å². The maximum absolute atomic E-state index is 12.2. The number of nitrogens with one attached hydrogen (secondary N) is 1. The van der Waals surface area contributed by atoms with E-state index in [0.29, 0.717) is 52.4 Å². The Morgan fingerprint density at radius 2 is 1.67 bits per heavy atom. The van der Waals surface area contributed by atoms with Crippen molar-refractivity contribution in [1.82, 2.24) is 9.03 Å². The molecule has 7 nitrogen and oxygen atoms in total. The summed E-state index contributed by atoms with van der Waals surface area (Å²) in [6.07, 6.45) is 0.986. The Kier molecular flexibility index (Phi) is 4.57. The minimum absolute atomic E-state index is 0.208. The van der Waals surface area contributed by atoms with Crippen LogP contribution < -0.4 is 4.72 Å². The predicted octanol–water partition coefficient (Wildman–Crippen LogP) is -1.31. The van der Waals surface area contributed by atoms with Crippen LogP contribution in [0, 0.1) is 0 Å². The second-order valence-electron chi connectivity index (χ2n) is 4.67. The normalized spacial score (nSPS) is 26.1. The van der Waals surface area contributed by atoms with Crippen molar-refractivity contribution in [2.75, 3.05) is 46.1 Å². The first-order chi connectivity index (χ1) is 8.58. The Bertz CT molecular complexity index is 360. The Hall–Kier alpha value is -0.250. The van der Waals surface area contributed by atoms with E-state index in [1.165, 1.54) is 4.31 Å². The lowest BCUT2D eigenvalue weighted by Crippen LogP contribution is -2.59. The molecule has 2 aliphatic rings. The topological polar surface area (TPSA) is 88.1 Å². The van der Waals surface area contributed by atoms with Crippen LogP contribution in [-0.2, 0) is 19.7 Å². The molecule has 2 heterocycles. The van der Waals surface area contributed by atoms with Gasteiger partial charge in [0.15, 0.2) is 0 Å². The Morgan fingerprint density at radius 1 is 1.11 bits per heavy atom. The molecule has 0 bridgehead atoms. The summed E-state index contributed by atoms with van der Waals surface area (Å²) in [7, 11) is -3.57. The monoisotopic (exact) mass is 280 g/mol. The second-order valence-corrected chi connectivity index (χ2v) is 6.34. The summed E-state index contributed by atoms with van der Waals surface area (Å²) in [6, 6.07) is 0. The highest BCUT2D eigenvalue weighted by molar-refractivity contribution is 7.87. The minimum atomic E-state index is -3.57. The van der Waals surface area contributed by atoms with Gasteiger partial charge in [-0.1, -0.05) is 0 Å². The third kappa shape index (κ3) is 3.19. The smallest absolute Gasteiger partial charge is 0.280 e. The summed E-state index contributed by atoms with van der Waals surface area (Å²) >= 11 is 0. The summed E-state index contributed by atoms with van der Waals surface area (Å²) in [5, 5.41) is 9.48. The maximum atomic E-state index is 12.2. The van der Waals surface area contributed by atoms with Gasteiger partial charge in [-0.3, -0.25) is 0 Å². The van der Waals surface area contributed by atoms with Crippen LogP contribution in [0.25, 0.3) is 0 Å². The van der Waals surface area contributed by atoms with Crippen molar-refractivity contribution < 1.29 is 23.0 Å². The molecule has 106 valence electrons. The number of aliphatic hydroxyl groups excluding tert-OH is 1. The average Bonchev–Trinajstić information content (AvgIpc) is 2.40. The van der Waals surface area contributed by atoms with Crippen LogP contribution in [0.15, 0.2) is 0 Å². The van der Waals surface area contributed by atoms with Crippen molar-refractivity contribution in [2.45, 2.75) is 18.4 Å². The molecule has 0 aromatic carbocycles. The first-order valence-electron chi connectivity index (χ1n) is 6.13. The van der Waals surface area contributed by atoms with E-state index in [0.717, 1.165) is 0 Å². The van der Waals surface area contributed by atoms with E-state index in [1.54, 1.807) is 0 Å². The van der Waals surface area contributed by atoms with Gasteiger partial charge in [0, 0.05) is 26.3 Å². The molecule has 0 amide bonds. The van der Waals surface area contributed by atoms with Crippen molar-refractivity contribution in [3.8, 4) is 0 Å². The molecule has 2 N–H and O–H groups in total. The van der Waals surface area contributed by atoms with E-state index in [9.17, 15) is 13.5 Å². The molecule has 18 heavy (non-hydrogen) atoms. The highest BCUT2D eigenvalue weighted by atomic mass is 32.2. The van der Waals surface area contributed by atoms with Crippen LogP contribution in [0.1, 0.15) is 12.8 Å². The van der Waals surface area contributed by atoms with E-state index >= 15 is 0 Å². The molecule has 2 saturated heterocycles. The number of nitrogens with zero attached hydrogens (tertiary/aromatic N) is 1. The first-order valence-corrected chi connectivity index (χ1v) is 7.57. The SMILES string of the molecule is O=S(=O)(NC1(CO)CCOCC1)N1CCOCC1. The second kappa shape index (κ2) is 5.81. The highest BCUT2D eigenvalue weighted by Crippen LogP contribution is 2.22. The largest absolute Gasteiger partial charge is 0.394 e. The molecule has 8 heteroatoms. The summed E-state index contributed by atoms with van der Waals surface area (Å²) < 4.78 is 38.8. The van der Waals surface area contributed by atoms with Gasteiger partial charge in [0.2, 0.25) is 0 Å². The van der Waals surface area contributed by atoms with Gasteiger partial charge in [0.25, 0.3) is 10.2 Å². The summed E-state index contributed by atoms with van der Waals surface area (Å²) in [5.41, 5.74) is -0.782. The molecule has 0 spiro atoms. The van der Waals surface area contributed by atoms with Gasteiger partial charge < -0.3 is 14.6 Å². The lowest BCUT2D eigenvalue weighted by Gasteiger charge is -2.38. The number of rotatable bonds is 4. The number of ether oxygens (including phenoxy) is 2. The number of hydrogen-bond acceptors (Lipinski definition) is 5. The Morgan fingerprint density at radius 3 is 2.22 bits per heavy atom. The Balaban J connectivity index is 2.05. The van der Waals surface area contributed by atoms with Crippen LogP contribution in [-0.4, -0.2) is 69.5 Å². The number of aliphatic hydroxyl groups is 1. The van der Waals surface area contributed by atoms with Crippen molar-refractivity contribution >= 4 is 10.2 Å².